The van der Waals surface area contributed by atoms with Crippen molar-refractivity contribution < 1.29 is 35.1 Å². The Morgan fingerprint density at radius 1 is 1.03 bits per heavy atom. The van der Waals surface area contributed by atoms with Gasteiger partial charge in [-0.3, -0.25) is 4.90 Å². The van der Waals surface area contributed by atoms with Crippen LogP contribution in [-0.2, 0) is 28.9 Å². The zero-order valence-corrected chi connectivity index (χ0v) is 20.5. The molecule has 0 radical (unpaired) electrons. The van der Waals surface area contributed by atoms with Crippen molar-refractivity contribution in [2.24, 2.45) is 5.92 Å². The van der Waals surface area contributed by atoms with E-state index in [1.165, 1.54) is 22.3 Å². The molecule has 0 amide bonds. The van der Waals surface area contributed by atoms with E-state index in [9.17, 15) is 24.9 Å². The lowest BCUT2D eigenvalue weighted by molar-refractivity contribution is -0.134. The van der Waals surface area contributed by atoms with Crippen LogP contribution in [0, 0.1) is 12.8 Å². The van der Waals surface area contributed by atoms with Crippen molar-refractivity contribution in [2.75, 3.05) is 13.1 Å². The maximum Gasteiger partial charge on any atom is 0.328 e. The lowest BCUT2D eigenvalue weighted by Gasteiger charge is -2.43. The van der Waals surface area contributed by atoms with Gasteiger partial charge in [-0.05, 0) is 67.9 Å². The number of piperidine rings is 1. The molecular formula is C28H35NO7. The lowest BCUT2D eigenvalue weighted by atomic mass is 9.81. The fraction of sp³-hybridized carbons (Fsp3) is 0.429. The largest absolute Gasteiger partial charge is 0.508 e. The molecule has 194 valence electrons. The molecule has 0 saturated carbocycles. The molecule has 4 rings (SSSR count). The Balaban J connectivity index is 0.000000392. The number of hydrogen-bond acceptors (Lipinski definition) is 6. The molecule has 2 unspecified atom stereocenters. The van der Waals surface area contributed by atoms with E-state index in [0.29, 0.717) is 37.2 Å². The van der Waals surface area contributed by atoms with Gasteiger partial charge in [-0.15, -0.1) is 0 Å². The van der Waals surface area contributed by atoms with Gasteiger partial charge in [0.25, 0.3) is 0 Å². The van der Waals surface area contributed by atoms with Gasteiger partial charge in [0.05, 0.1) is 5.60 Å². The van der Waals surface area contributed by atoms with E-state index in [1.54, 1.807) is 6.07 Å². The summed E-state index contributed by atoms with van der Waals surface area (Å²) in [6.45, 7) is 3.52. The number of rotatable bonds is 6. The third kappa shape index (κ3) is 7.91. The van der Waals surface area contributed by atoms with Crippen LogP contribution in [0.4, 0.5) is 0 Å². The third-order valence-corrected chi connectivity index (χ3v) is 7.00. The predicted molar refractivity (Wildman–Crippen MR) is 135 cm³/mol. The van der Waals surface area contributed by atoms with Gasteiger partial charge in [0.15, 0.2) is 0 Å². The fourth-order valence-corrected chi connectivity index (χ4v) is 4.93. The maximum absolute atomic E-state index is 11.0. The number of carboxylic acids is 2. The Labute approximate surface area is 211 Å². The average molecular weight is 498 g/mol. The molecule has 36 heavy (non-hydrogen) atoms. The molecule has 0 spiro atoms. The van der Waals surface area contributed by atoms with Gasteiger partial charge in [0.1, 0.15) is 12.0 Å². The van der Waals surface area contributed by atoms with Crippen molar-refractivity contribution in [2.45, 2.75) is 57.3 Å². The van der Waals surface area contributed by atoms with Crippen LogP contribution in [-0.4, -0.2) is 67.3 Å². The third-order valence-electron chi connectivity index (χ3n) is 7.00. The molecule has 0 bridgehead atoms. The number of aromatic hydroxyl groups is 1. The highest BCUT2D eigenvalue weighted by Crippen LogP contribution is 2.33. The van der Waals surface area contributed by atoms with Gasteiger partial charge in [0, 0.05) is 37.6 Å². The average Bonchev–Trinajstić information content (AvgIpc) is 2.84. The molecule has 2 aliphatic rings. The van der Waals surface area contributed by atoms with Crippen molar-refractivity contribution in [3.63, 3.8) is 0 Å². The molecule has 2 aromatic rings. The summed E-state index contributed by atoms with van der Waals surface area (Å²) in [6, 6.07) is 14.0. The van der Waals surface area contributed by atoms with E-state index >= 15 is 0 Å². The minimum absolute atomic E-state index is 0.209. The molecule has 2 atom stereocenters. The van der Waals surface area contributed by atoms with E-state index < -0.39 is 23.8 Å². The van der Waals surface area contributed by atoms with E-state index in [4.69, 9.17) is 10.2 Å². The Bertz CT molecular complexity index is 1060. The summed E-state index contributed by atoms with van der Waals surface area (Å²) in [5.41, 5.74) is 4.17. The molecule has 8 nitrogen and oxygen atoms in total. The van der Waals surface area contributed by atoms with Crippen molar-refractivity contribution >= 4 is 11.9 Å². The predicted octanol–water partition coefficient (Wildman–Crippen LogP) is 2.91. The van der Waals surface area contributed by atoms with Gasteiger partial charge in [0.2, 0.25) is 0 Å². The van der Waals surface area contributed by atoms with Crippen LogP contribution in [0.5, 0.6) is 5.75 Å². The van der Waals surface area contributed by atoms with E-state index in [0.717, 1.165) is 32.4 Å². The minimum Gasteiger partial charge on any atom is -0.508 e. The van der Waals surface area contributed by atoms with Crippen LogP contribution in [0.3, 0.4) is 0 Å². The Morgan fingerprint density at radius 3 is 2.22 bits per heavy atom. The first-order valence-corrected chi connectivity index (χ1v) is 12.2. The number of phenolic OH excluding ortho intramolecular Hbond substituents is 1. The van der Waals surface area contributed by atoms with E-state index in [2.05, 4.69) is 36.1 Å². The fourth-order valence-electron chi connectivity index (χ4n) is 4.93. The highest BCUT2D eigenvalue weighted by molar-refractivity contribution is 5.89. The SMILES string of the molecule is Cc1ccc(CC2(O)CCN(C(O)C3CCc4cc(O)ccc4C3)CC2)cc1.O=C(O)C=CC(=O)O. The molecule has 1 heterocycles. The molecule has 1 aliphatic carbocycles. The summed E-state index contributed by atoms with van der Waals surface area (Å²) in [4.78, 5) is 21.2. The standard InChI is InChI=1S/C24H31NO3.C4H4O4/c1-17-2-4-18(5-3-17)16-24(28)10-12-25(13-11-24)23(27)21-7-6-20-15-22(26)9-8-19(20)14-21;5-3(6)1-2-4(7)8/h2-5,8-9,15,21,23,26-28H,6-7,10-14,16H2,1H3;1-2H,(H,5,6)(H,7,8). The number of hydrogen-bond donors (Lipinski definition) is 5. The second kappa shape index (κ2) is 12.2. The van der Waals surface area contributed by atoms with Crippen LogP contribution in [0.2, 0.25) is 0 Å². The van der Waals surface area contributed by atoms with Gasteiger partial charge in [-0.1, -0.05) is 35.9 Å². The molecule has 8 heteroatoms. The number of phenols is 1. The number of carboxylic acid groups (broad SMARTS) is 2. The van der Waals surface area contributed by atoms with Crippen LogP contribution < -0.4 is 0 Å². The van der Waals surface area contributed by atoms with E-state index in [1.807, 2.05) is 12.1 Å². The first kappa shape index (κ1) is 27.4. The number of aliphatic hydroxyl groups excluding tert-OH is 1. The number of likely N-dealkylation sites (tertiary alicyclic amines) is 1. The van der Waals surface area contributed by atoms with Gasteiger partial charge < -0.3 is 25.5 Å². The van der Waals surface area contributed by atoms with Gasteiger partial charge in [-0.2, -0.15) is 0 Å². The normalized spacial score (nSPS) is 20.1. The van der Waals surface area contributed by atoms with Crippen LogP contribution in [0.25, 0.3) is 0 Å². The highest BCUT2D eigenvalue weighted by atomic mass is 16.4. The summed E-state index contributed by atoms with van der Waals surface area (Å²) >= 11 is 0. The van der Waals surface area contributed by atoms with Crippen LogP contribution >= 0.6 is 0 Å². The second-order valence-electron chi connectivity index (χ2n) is 9.80. The molecule has 1 saturated heterocycles. The number of fused-ring (bicyclic) bond motifs is 1. The van der Waals surface area contributed by atoms with Crippen LogP contribution in [0.1, 0.15) is 41.5 Å². The first-order valence-electron chi connectivity index (χ1n) is 12.2. The molecule has 0 aromatic heterocycles. The van der Waals surface area contributed by atoms with Crippen molar-refractivity contribution in [1.82, 2.24) is 4.90 Å². The number of aryl methyl sites for hydroxylation is 2. The summed E-state index contributed by atoms with van der Waals surface area (Å²) in [5, 5.41) is 47.3. The summed E-state index contributed by atoms with van der Waals surface area (Å²) in [6.07, 6.45) is 5.39. The summed E-state index contributed by atoms with van der Waals surface area (Å²) in [7, 11) is 0. The number of aliphatic carboxylic acids is 2. The molecule has 2 aromatic carbocycles. The topological polar surface area (TPSA) is 139 Å². The maximum atomic E-state index is 11.0. The zero-order chi connectivity index (χ0) is 26.3. The Morgan fingerprint density at radius 2 is 1.64 bits per heavy atom. The highest BCUT2D eigenvalue weighted by Gasteiger charge is 2.37. The van der Waals surface area contributed by atoms with Crippen molar-refractivity contribution in [3.05, 3.63) is 76.9 Å². The zero-order valence-electron chi connectivity index (χ0n) is 20.5. The Kier molecular flexibility index (Phi) is 9.25. The quantitative estimate of drug-likeness (QED) is 0.384. The molecule has 1 aliphatic heterocycles. The number of benzene rings is 2. The van der Waals surface area contributed by atoms with Crippen molar-refractivity contribution in [1.29, 1.82) is 0 Å². The van der Waals surface area contributed by atoms with Gasteiger partial charge >= 0.3 is 11.9 Å². The second-order valence-corrected chi connectivity index (χ2v) is 9.80. The summed E-state index contributed by atoms with van der Waals surface area (Å²) in [5.74, 6) is -1.98. The lowest BCUT2D eigenvalue weighted by Crippen LogP contribution is -2.51. The first-order chi connectivity index (χ1) is 17.0. The van der Waals surface area contributed by atoms with Crippen molar-refractivity contribution in [3.8, 4) is 5.75 Å². The Hall–Kier alpha value is -3.20. The van der Waals surface area contributed by atoms with Crippen LogP contribution in [0.15, 0.2) is 54.6 Å². The molecular weight excluding hydrogens is 462 g/mol. The number of nitrogens with zero attached hydrogens (tertiary/aromatic N) is 1. The van der Waals surface area contributed by atoms with E-state index in [-0.39, 0.29) is 5.92 Å². The minimum atomic E-state index is -1.26. The molecule has 1 fully saturated rings. The molecule has 5 N–H and O–H groups in total. The summed E-state index contributed by atoms with van der Waals surface area (Å²) < 4.78 is 0. The number of aliphatic hydroxyl groups is 2. The monoisotopic (exact) mass is 497 g/mol. The number of carbonyl (C=O) groups is 2. The smallest absolute Gasteiger partial charge is 0.328 e. The van der Waals surface area contributed by atoms with Gasteiger partial charge in [-0.25, -0.2) is 9.59 Å².